The van der Waals surface area contributed by atoms with E-state index in [-0.39, 0.29) is 0 Å². The summed E-state index contributed by atoms with van der Waals surface area (Å²) in [6, 6.07) is 9.94. The van der Waals surface area contributed by atoms with Gasteiger partial charge in [0.25, 0.3) is 0 Å². The van der Waals surface area contributed by atoms with Gasteiger partial charge in [0.1, 0.15) is 5.60 Å². The smallest absolute Gasteiger partial charge is 0.342 e. The second-order valence-corrected chi connectivity index (χ2v) is 7.34. The van der Waals surface area contributed by atoms with Crippen molar-refractivity contribution < 1.29 is 14.3 Å². The number of methoxy groups -OCH3 is 1. The zero-order valence-electron chi connectivity index (χ0n) is 14.8. The first-order valence-electron chi connectivity index (χ1n) is 7.97. The third kappa shape index (κ3) is 3.57. The topological polar surface area (TPSA) is 64.8 Å². The van der Waals surface area contributed by atoms with Gasteiger partial charge in [-0.1, -0.05) is 30.3 Å². The fourth-order valence-electron chi connectivity index (χ4n) is 3.08. The minimum atomic E-state index is -1.21. The molecule has 128 valence electrons. The van der Waals surface area contributed by atoms with Crippen LogP contribution in [0, 0.1) is 0 Å². The van der Waals surface area contributed by atoms with E-state index >= 15 is 0 Å². The van der Waals surface area contributed by atoms with E-state index in [2.05, 4.69) is 0 Å². The van der Waals surface area contributed by atoms with Crippen molar-refractivity contribution >= 4 is 5.97 Å². The van der Waals surface area contributed by atoms with Gasteiger partial charge < -0.3 is 15.2 Å². The zero-order chi connectivity index (χ0) is 17.3. The summed E-state index contributed by atoms with van der Waals surface area (Å²) in [4.78, 5) is 14.6. The highest BCUT2D eigenvalue weighted by Gasteiger charge is 2.52. The minimum absolute atomic E-state index is 0.353. The molecule has 2 atom stereocenters. The Morgan fingerprint density at radius 2 is 1.87 bits per heavy atom. The first-order valence-corrected chi connectivity index (χ1v) is 7.97. The lowest BCUT2D eigenvalue weighted by molar-refractivity contribution is -0.183. The normalized spacial score (nSPS) is 29.3. The Labute approximate surface area is 138 Å². The Hall–Kier alpha value is -1.43. The van der Waals surface area contributed by atoms with Crippen LogP contribution in [0.5, 0.6) is 0 Å². The largest absolute Gasteiger partial charge is 0.458 e. The number of ether oxygens (including phenoxy) is 2. The molecule has 0 amide bonds. The number of rotatable bonds is 3. The lowest BCUT2D eigenvalue weighted by Crippen LogP contribution is -2.68. The maximum absolute atomic E-state index is 12.7. The van der Waals surface area contributed by atoms with E-state index in [0.717, 1.165) is 12.0 Å². The molecule has 1 aromatic carbocycles. The van der Waals surface area contributed by atoms with Crippen molar-refractivity contribution in [3.8, 4) is 0 Å². The Morgan fingerprint density at radius 3 is 2.39 bits per heavy atom. The standard InChI is InChI=1S/C18H28N2O3/c1-16(2,3)23-15(21)18(19)13-17(22-5,11-12-20(18)4)14-9-7-6-8-10-14/h6-10H,11-13,19H2,1-5H3. The molecule has 0 saturated carbocycles. The Bertz CT molecular complexity index is 555. The molecule has 1 aromatic rings. The SMILES string of the molecule is COC1(c2ccccc2)CCN(C)C(N)(C(=O)OC(C)(C)C)C1. The number of likely N-dealkylation sites (tertiary alicyclic amines) is 1. The molecule has 1 heterocycles. The van der Waals surface area contributed by atoms with Gasteiger partial charge in [-0.25, -0.2) is 4.79 Å². The third-order valence-corrected chi connectivity index (χ3v) is 4.53. The van der Waals surface area contributed by atoms with Crippen LogP contribution in [0.1, 0.15) is 39.2 Å². The molecule has 5 heteroatoms. The van der Waals surface area contributed by atoms with E-state index in [1.807, 2.05) is 63.1 Å². The second-order valence-electron chi connectivity index (χ2n) is 7.34. The quantitative estimate of drug-likeness (QED) is 0.865. The van der Waals surface area contributed by atoms with Crippen LogP contribution in [0.3, 0.4) is 0 Å². The average Bonchev–Trinajstić information content (AvgIpc) is 2.49. The van der Waals surface area contributed by atoms with Crippen molar-refractivity contribution in [3.63, 3.8) is 0 Å². The molecule has 5 nitrogen and oxygen atoms in total. The molecule has 0 aromatic heterocycles. The Kier molecular flexibility index (Phi) is 4.85. The van der Waals surface area contributed by atoms with Crippen LogP contribution in [0.15, 0.2) is 30.3 Å². The van der Waals surface area contributed by atoms with Crippen molar-refractivity contribution in [3.05, 3.63) is 35.9 Å². The van der Waals surface area contributed by atoms with Gasteiger partial charge in [0, 0.05) is 20.1 Å². The van der Waals surface area contributed by atoms with Crippen LogP contribution in [0.2, 0.25) is 0 Å². The summed E-state index contributed by atoms with van der Waals surface area (Å²) in [5.41, 5.74) is 5.18. The van der Waals surface area contributed by atoms with E-state index < -0.39 is 22.8 Å². The van der Waals surface area contributed by atoms with Gasteiger partial charge in [-0.3, -0.25) is 4.90 Å². The summed E-state index contributed by atoms with van der Waals surface area (Å²) < 4.78 is 11.4. The summed E-state index contributed by atoms with van der Waals surface area (Å²) in [5.74, 6) is -0.412. The molecule has 2 rings (SSSR count). The van der Waals surface area contributed by atoms with Crippen molar-refractivity contribution in [2.45, 2.75) is 50.5 Å². The molecule has 1 saturated heterocycles. The fourth-order valence-corrected chi connectivity index (χ4v) is 3.08. The highest BCUT2D eigenvalue weighted by molar-refractivity contribution is 5.80. The zero-order valence-corrected chi connectivity index (χ0v) is 14.8. The number of nitrogens with two attached hydrogens (primary N) is 1. The molecular formula is C18H28N2O3. The van der Waals surface area contributed by atoms with Crippen molar-refractivity contribution in [1.29, 1.82) is 0 Å². The van der Waals surface area contributed by atoms with Gasteiger partial charge in [-0.05, 0) is 39.8 Å². The predicted octanol–water partition coefficient (Wildman–Crippen LogP) is 2.25. The first kappa shape index (κ1) is 17.9. The molecule has 0 bridgehead atoms. The van der Waals surface area contributed by atoms with E-state index in [4.69, 9.17) is 15.2 Å². The highest BCUT2D eigenvalue weighted by Crippen LogP contribution is 2.41. The number of piperidine rings is 1. The van der Waals surface area contributed by atoms with Crippen molar-refractivity contribution in [2.24, 2.45) is 5.73 Å². The van der Waals surface area contributed by atoms with E-state index in [1.54, 1.807) is 7.11 Å². The summed E-state index contributed by atoms with van der Waals surface area (Å²) in [7, 11) is 3.53. The molecule has 0 aliphatic carbocycles. The predicted molar refractivity (Wildman–Crippen MR) is 89.8 cm³/mol. The van der Waals surface area contributed by atoms with Crippen LogP contribution >= 0.6 is 0 Å². The molecule has 1 aliphatic heterocycles. The number of carbonyl (C=O) groups excluding carboxylic acids is 1. The Morgan fingerprint density at radius 1 is 1.26 bits per heavy atom. The summed E-state index contributed by atoms with van der Waals surface area (Å²) in [5, 5.41) is 0. The fraction of sp³-hybridized carbons (Fsp3) is 0.611. The number of hydrogen-bond acceptors (Lipinski definition) is 5. The molecule has 0 spiro atoms. The maximum atomic E-state index is 12.7. The van der Waals surface area contributed by atoms with Crippen LogP contribution in [-0.4, -0.2) is 42.8 Å². The lowest BCUT2D eigenvalue weighted by Gasteiger charge is -2.49. The van der Waals surface area contributed by atoms with Gasteiger partial charge in [-0.2, -0.15) is 0 Å². The number of hydrogen-bond donors (Lipinski definition) is 1. The molecule has 23 heavy (non-hydrogen) atoms. The van der Waals surface area contributed by atoms with Crippen LogP contribution in [0.25, 0.3) is 0 Å². The molecule has 2 unspecified atom stereocenters. The number of carbonyl (C=O) groups is 1. The van der Waals surface area contributed by atoms with Crippen LogP contribution in [-0.2, 0) is 19.9 Å². The molecule has 1 fully saturated rings. The van der Waals surface area contributed by atoms with Crippen molar-refractivity contribution in [2.75, 3.05) is 20.7 Å². The van der Waals surface area contributed by atoms with E-state index in [0.29, 0.717) is 13.0 Å². The third-order valence-electron chi connectivity index (χ3n) is 4.53. The molecular weight excluding hydrogens is 292 g/mol. The first-order chi connectivity index (χ1) is 10.6. The average molecular weight is 320 g/mol. The second kappa shape index (κ2) is 6.23. The van der Waals surface area contributed by atoms with E-state index in [9.17, 15) is 4.79 Å². The maximum Gasteiger partial charge on any atom is 0.342 e. The minimum Gasteiger partial charge on any atom is -0.458 e. The van der Waals surface area contributed by atoms with E-state index in [1.165, 1.54) is 0 Å². The number of benzene rings is 1. The van der Waals surface area contributed by atoms with Gasteiger partial charge in [0.2, 0.25) is 0 Å². The molecule has 1 aliphatic rings. The summed E-state index contributed by atoms with van der Waals surface area (Å²) in [6.07, 6.45) is 1.12. The summed E-state index contributed by atoms with van der Waals surface area (Å²) >= 11 is 0. The lowest BCUT2D eigenvalue weighted by atomic mass is 9.78. The monoisotopic (exact) mass is 320 g/mol. The number of esters is 1. The summed E-state index contributed by atoms with van der Waals surface area (Å²) in [6.45, 7) is 6.19. The van der Waals surface area contributed by atoms with Gasteiger partial charge in [0.15, 0.2) is 5.66 Å². The number of likely N-dealkylation sites (N-methyl/N-ethyl adjacent to an activating group) is 1. The number of nitrogens with zero attached hydrogens (tertiary/aromatic N) is 1. The van der Waals surface area contributed by atoms with Crippen molar-refractivity contribution in [1.82, 2.24) is 4.90 Å². The van der Waals surface area contributed by atoms with Crippen LogP contribution in [0.4, 0.5) is 0 Å². The van der Waals surface area contributed by atoms with Gasteiger partial charge in [0.05, 0.1) is 5.60 Å². The van der Waals surface area contributed by atoms with Gasteiger partial charge >= 0.3 is 5.97 Å². The molecule has 2 N–H and O–H groups in total. The highest BCUT2D eigenvalue weighted by atomic mass is 16.6. The Balaban J connectivity index is 2.35. The molecule has 0 radical (unpaired) electrons. The van der Waals surface area contributed by atoms with Crippen LogP contribution < -0.4 is 5.73 Å². The van der Waals surface area contributed by atoms with Gasteiger partial charge in [-0.15, -0.1) is 0 Å².